The normalized spacial score (nSPS) is 10.0. The van der Waals surface area contributed by atoms with Crippen LogP contribution in [0.25, 0.3) is 0 Å². The Balaban J connectivity index is 2.55. The Morgan fingerprint density at radius 2 is 2.12 bits per heavy atom. The molecule has 1 aromatic carbocycles. The Labute approximate surface area is 105 Å². The van der Waals surface area contributed by atoms with E-state index in [1.54, 1.807) is 26.0 Å². The second-order valence-electron chi connectivity index (χ2n) is 3.36. The van der Waals surface area contributed by atoms with Gasteiger partial charge < -0.3 is 14.6 Å². The Morgan fingerprint density at radius 1 is 1.35 bits per heavy atom. The lowest BCUT2D eigenvalue weighted by Gasteiger charge is -2.09. The molecule has 4 nitrogen and oxygen atoms in total. The maximum Gasteiger partial charge on any atom is 0.303 e. The van der Waals surface area contributed by atoms with Crippen LogP contribution in [0.2, 0.25) is 0 Å². The number of thioether (sulfide) groups is 1. The maximum atomic E-state index is 10.4. The number of hydrogen-bond donors (Lipinski definition) is 1. The Morgan fingerprint density at radius 3 is 2.71 bits per heavy atom. The molecule has 0 fully saturated rings. The fraction of sp³-hybridized carbons (Fsp3) is 0.417. The summed E-state index contributed by atoms with van der Waals surface area (Å²) in [6.45, 7) is 0. The molecular weight excluding hydrogens is 240 g/mol. The predicted octanol–water partition coefficient (Wildman–Crippen LogP) is 2.66. The summed E-state index contributed by atoms with van der Waals surface area (Å²) in [5.41, 5.74) is 0. The molecule has 1 rings (SSSR count). The number of rotatable bonds is 7. The van der Waals surface area contributed by atoms with Gasteiger partial charge in [0, 0.05) is 17.4 Å². The van der Waals surface area contributed by atoms with E-state index in [0.717, 1.165) is 22.1 Å². The molecule has 0 aromatic heterocycles. The summed E-state index contributed by atoms with van der Waals surface area (Å²) in [4.78, 5) is 11.4. The molecule has 5 heteroatoms. The van der Waals surface area contributed by atoms with Crippen molar-refractivity contribution in [3.05, 3.63) is 18.2 Å². The molecule has 0 heterocycles. The van der Waals surface area contributed by atoms with Crippen LogP contribution < -0.4 is 9.47 Å². The van der Waals surface area contributed by atoms with E-state index in [0.29, 0.717) is 6.42 Å². The van der Waals surface area contributed by atoms with Gasteiger partial charge in [0.25, 0.3) is 0 Å². The molecular formula is C12H16O4S. The lowest BCUT2D eigenvalue weighted by molar-refractivity contribution is -0.137. The zero-order chi connectivity index (χ0) is 12.7. The summed E-state index contributed by atoms with van der Waals surface area (Å²) < 4.78 is 10.4. The first-order valence-electron chi connectivity index (χ1n) is 5.24. The fourth-order valence-electron chi connectivity index (χ4n) is 1.30. The summed E-state index contributed by atoms with van der Waals surface area (Å²) in [6.07, 6.45) is 0.848. The highest BCUT2D eigenvalue weighted by atomic mass is 32.2. The molecule has 0 saturated heterocycles. The van der Waals surface area contributed by atoms with Gasteiger partial charge in [0.2, 0.25) is 0 Å². The van der Waals surface area contributed by atoms with Crippen molar-refractivity contribution in [2.24, 2.45) is 0 Å². The van der Waals surface area contributed by atoms with E-state index in [4.69, 9.17) is 14.6 Å². The van der Waals surface area contributed by atoms with Gasteiger partial charge in [0.05, 0.1) is 14.2 Å². The standard InChI is InChI=1S/C12H16O4S/c1-15-9-5-6-11(10(8-9)16-2)17-7-3-4-12(13)14/h5-6,8H,3-4,7H2,1-2H3,(H,13,14). The van der Waals surface area contributed by atoms with Crippen LogP contribution in [0.4, 0.5) is 0 Å². The van der Waals surface area contributed by atoms with E-state index in [1.807, 2.05) is 18.2 Å². The van der Waals surface area contributed by atoms with Crippen molar-refractivity contribution in [1.82, 2.24) is 0 Å². The monoisotopic (exact) mass is 256 g/mol. The summed E-state index contributed by atoms with van der Waals surface area (Å²) in [7, 11) is 3.21. The van der Waals surface area contributed by atoms with Gasteiger partial charge in [-0.2, -0.15) is 0 Å². The van der Waals surface area contributed by atoms with E-state index in [1.165, 1.54) is 0 Å². The third kappa shape index (κ3) is 4.56. The molecule has 0 atom stereocenters. The highest BCUT2D eigenvalue weighted by molar-refractivity contribution is 7.99. The van der Waals surface area contributed by atoms with Crippen molar-refractivity contribution < 1.29 is 19.4 Å². The van der Waals surface area contributed by atoms with E-state index in [9.17, 15) is 4.79 Å². The molecule has 0 radical (unpaired) electrons. The number of methoxy groups -OCH3 is 2. The first kappa shape index (κ1) is 13.7. The van der Waals surface area contributed by atoms with Crippen LogP contribution in [-0.2, 0) is 4.79 Å². The average Bonchev–Trinajstić information content (AvgIpc) is 2.34. The van der Waals surface area contributed by atoms with Crippen LogP contribution in [-0.4, -0.2) is 31.0 Å². The van der Waals surface area contributed by atoms with Crippen molar-refractivity contribution in [1.29, 1.82) is 0 Å². The number of carbonyl (C=O) groups is 1. The maximum absolute atomic E-state index is 10.4. The number of hydrogen-bond acceptors (Lipinski definition) is 4. The van der Waals surface area contributed by atoms with Crippen LogP contribution in [0.1, 0.15) is 12.8 Å². The molecule has 0 spiro atoms. The number of carboxylic acids is 1. The SMILES string of the molecule is COc1ccc(SCCCC(=O)O)c(OC)c1. The number of ether oxygens (including phenoxy) is 2. The summed E-state index contributed by atoms with van der Waals surface area (Å²) in [6, 6.07) is 5.60. The van der Waals surface area contributed by atoms with Crippen molar-refractivity contribution in [2.45, 2.75) is 17.7 Å². The van der Waals surface area contributed by atoms with Crippen molar-refractivity contribution in [3.63, 3.8) is 0 Å². The van der Waals surface area contributed by atoms with Gasteiger partial charge in [-0.3, -0.25) is 4.79 Å². The molecule has 0 aliphatic rings. The molecule has 1 aromatic rings. The van der Waals surface area contributed by atoms with Gasteiger partial charge in [-0.25, -0.2) is 0 Å². The fourth-order valence-corrected chi connectivity index (χ4v) is 2.26. The third-order valence-corrected chi connectivity index (χ3v) is 3.30. The number of benzene rings is 1. The van der Waals surface area contributed by atoms with Crippen LogP contribution in [0.15, 0.2) is 23.1 Å². The number of aliphatic carboxylic acids is 1. The van der Waals surface area contributed by atoms with Crippen molar-refractivity contribution in [2.75, 3.05) is 20.0 Å². The van der Waals surface area contributed by atoms with Crippen LogP contribution in [0, 0.1) is 0 Å². The smallest absolute Gasteiger partial charge is 0.303 e. The molecule has 0 saturated carbocycles. The van der Waals surface area contributed by atoms with Crippen molar-refractivity contribution in [3.8, 4) is 11.5 Å². The second-order valence-corrected chi connectivity index (χ2v) is 4.50. The number of carboxylic acid groups (broad SMARTS) is 1. The van der Waals surface area contributed by atoms with E-state index >= 15 is 0 Å². The molecule has 0 aliphatic heterocycles. The zero-order valence-corrected chi connectivity index (χ0v) is 10.8. The van der Waals surface area contributed by atoms with E-state index in [2.05, 4.69) is 0 Å². The molecule has 0 unspecified atom stereocenters. The van der Waals surface area contributed by atoms with Gasteiger partial charge in [0.1, 0.15) is 11.5 Å². The van der Waals surface area contributed by atoms with Gasteiger partial charge in [0.15, 0.2) is 0 Å². The van der Waals surface area contributed by atoms with Gasteiger partial charge >= 0.3 is 5.97 Å². The molecule has 0 bridgehead atoms. The van der Waals surface area contributed by atoms with Gasteiger partial charge in [-0.15, -0.1) is 11.8 Å². The van der Waals surface area contributed by atoms with Gasteiger partial charge in [-0.1, -0.05) is 0 Å². The molecule has 94 valence electrons. The minimum Gasteiger partial charge on any atom is -0.497 e. The van der Waals surface area contributed by atoms with Crippen LogP contribution >= 0.6 is 11.8 Å². The lowest BCUT2D eigenvalue weighted by Crippen LogP contribution is -1.95. The lowest BCUT2D eigenvalue weighted by atomic mass is 10.3. The molecule has 17 heavy (non-hydrogen) atoms. The topological polar surface area (TPSA) is 55.8 Å². The molecule has 0 amide bonds. The van der Waals surface area contributed by atoms with Crippen molar-refractivity contribution >= 4 is 17.7 Å². The third-order valence-electron chi connectivity index (χ3n) is 2.16. The first-order valence-corrected chi connectivity index (χ1v) is 6.22. The van der Waals surface area contributed by atoms with Crippen LogP contribution in [0.5, 0.6) is 11.5 Å². The Hall–Kier alpha value is -1.36. The summed E-state index contributed by atoms with van der Waals surface area (Å²) in [5, 5.41) is 8.53. The minimum atomic E-state index is -0.757. The highest BCUT2D eigenvalue weighted by Crippen LogP contribution is 2.32. The zero-order valence-electron chi connectivity index (χ0n) is 9.93. The summed E-state index contributed by atoms with van der Waals surface area (Å²) >= 11 is 1.59. The van der Waals surface area contributed by atoms with Crippen LogP contribution in [0.3, 0.4) is 0 Å². The largest absolute Gasteiger partial charge is 0.497 e. The highest BCUT2D eigenvalue weighted by Gasteiger charge is 2.06. The summed E-state index contributed by atoms with van der Waals surface area (Å²) in [5.74, 6) is 1.50. The predicted molar refractivity (Wildman–Crippen MR) is 67.1 cm³/mol. The Bertz CT molecular complexity index is 379. The van der Waals surface area contributed by atoms with E-state index < -0.39 is 5.97 Å². The van der Waals surface area contributed by atoms with E-state index in [-0.39, 0.29) is 6.42 Å². The minimum absolute atomic E-state index is 0.200. The van der Waals surface area contributed by atoms with Gasteiger partial charge in [-0.05, 0) is 24.3 Å². The molecule has 1 N–H and O–H groups in total. The molecule has 0 aliphatic carbocycles. The first-order chi connectivity index (χ1) is 8.17. The average molecular weight is 256 g/mol. The quantitative estimate of drug-likeness (QED) is 0.600. The Kier molecular flexibility index (Phi) is 5.69. The second kappa shape index (κ2) is 7.06.